The van der Waals surface area contributed by atoms with Crippen LogP contribution >= 0.6 is 0 Å². The molecule has 0 saturated carbocycles. The molecule has 2 amide bonds. The topological polar surface area (TPSA) is 135 Å². The van der Waals surface area contributed by atoms with Gasteiger partial charge in [-0.1, -0.05) is 25.7 Å². The van der Waals surface area contributed by atoms with Gasteiger partial charge >= 0.3 is 0 Å². The quantitative estimate of drug-likeness (QED) is 0.573. The molecule has 0 bridgehead atoms. The summed E-state index contributed by atoms with van der Waals surface area (Å²) in [5.74, 6) is 4.91. The zero-order chi connectivity index (χ0) is 22.6. The van der Waals surface area contributed by atoms with E-state index in [4.69, 9.17) is 5.73 Å². The van der Waals surface area contributed by atoms with Crippen molar-refractivity contribution in [2.45, 2.75) is 44.8 Å². The number of hydrogen-bond acceptors (Lipinski definition) is 6. The molecule has 2 aromatic heterocycles. The third kappa shape index (κ3) is 3.58. The van der Waals surface area contributed by atoms with Crippen LogP contribution < -0.4 is 5.73 Å². The first-order chi connectivity index (χ1) is 14.5. The number of likely N-dealkylation sites (tertiary alicyclic amines) is 1. The van der Waals surface area contributed by atoms with Crippen LogP contribution in [0, 0.1) is 17.3 Å². The van der Waals surface area contributed by atoms with Gasteiger partial charge in [0.25, 0.3) is 11.8 Å². The molecule has 2 atom stereocenters. The van der Waals surface area contributed by atoms with E-state index in [0.29, 0.717) is 29.9 Å². The second-order valence-electron chi connectivity index (χ2n) is 8.92. The van der Waals surface area contributed by atoms with Gasteiger partial charge in [-0.25, -0.2) is 9.67 Å². The lowest BCUT2D eigenvalue weighted by atomic mass is 9.74. The van der Waals surface area contributed by atoms with Gasteiger partial charge in [-0.15, -0.1) is 0 Å². The van der Waals surface area contributed by atoms with E-state index >= 15 is 0 Å². The summed E-state index contributed by atoms with van der Waals surface area (Å²) in [6.07, 6.45) is 1.94. The maximum atomic E-state index is 12.1. The summed E-state index contributed by atoms with van der Waals surface area (Å²) in [6.45, 7) is 4.35. The second kappa shape index (κ2) is 7.18. The highest BCUT2D eigenvalue weighted by Crippen LogP contribution is 2.37. The highest BCUT2D eigenvalue weighted by molar-refractivity contribution is 5.93. The molecule has 9 heteroatoms. The predicted octanol–water partition coefficient (Wildman–Crippen LogP) is -0.203. The number of likely N-dealkylation sites (N-methyl/N-ethyl adjacent to an activating group) is 1. The summed E-state index contributed by atoms with van der Waals surface area (Å²) in [7, 11) is 1.63. The summed E-state index contributed by atoms with van der Waals surface area (Å²) in [6, 6.07) is 3.34. The Balaban J connectivity index is 1.75. The molecule has 162 valence electrons. The zero-order valence-electron chi connectivity index (χ0n) is 17.7. The van der Waals surface area contributed by atoms with Gasteiger partial charge in [0.2, 0.25) is 5.60 Å². The van der Waals surface area contributed by atoms with Crippen molar-refractivity contribution < 1.29 is 19.8 Å². The third-order valence-electron chi connectivity index (χ3n) is 6.13. The van der Waals surface area contributed by atoms with Gasteiger partial charge in [0.15, 0.2) is 11.5 Å². The van der Waals surface area contributed by atoms with Gasteiger partial charge in [-0.05, 0) is 24.0 Å². The fourth-order valence-corrected chi connectivity index (χ4v) is 4.05. The van der Waals surface area contributed by atoms with E-state index in [-0.39, 0.29) is 18.5 Å². The Morgan fingerprint density at radius 3 is 2.77 bits per heavy atom. The Labute approximate surface area is 179 Å². The predicted molar refractivity (Wildman–Crippen MR) is 111 cm³/mol. The van der Waals surface area contributed by atoms with Crippen LogP contribution in [0.2, 0.25) is 0 Å². The van der Waals surface area contributed by atoms with Crippen molar-refractivity contribution in [1.29, 1.82) is 0 Å². The lowest BCUT2D eigenvalue weighted by Gasteiger charge is -2.35. The minimum Gasteiger partial charge on any atom is -0.392 e. The van der Waals surface area contributed by atoms with E-state index in [1.807, 2.05) is 13.8 Å². The van der Waals surface area contributed by atoms with Crippen LogP contribution in [0.4, 0.5) is 0 Å². The number of rotatable bonds is 2. The summed E-state index contributed by atoms with van der Waals surface area (Å²) in [5, 5.41) is 25.4. The second-order valence-corrected chi connectivity index (χ2v) is 8.92. The minimum atomic E-state index is -1.69. The van der Waals surface area contributed by atoms with Crippen molar-refractivity contribution in [3.05, 3.63) is 40.8 Å². The van der Waals surface area contributed by atoms with Crippen molar-refractivity contribution in [1.82, 2.24) is 19.7 Å². The molecular formula is C22H25N5O4. The maximum Gasteiger partial charge on any atom is 0.269 e. The minimum absolute atomic E-state index is 0.122. The SMILES string of the molecule is CN1CC[C@@](O)(C#Cc2ccnc(-n3nc(C(N)=O)c4c3CC(C)(C)[C@@H](O)C4)c2)C1=O. The number of carbonyl (C=O) groups is 2. The molecule has 1 saturated heterocycles. The normalized spacial score (nSPS) is 24.5. The van der Waals surface area contributed by atoms with Crippen molar-refractivity contribution in [2.24, 2.45) is 11.1 Å². The Morgan fingerprint density at radius 1 is 1.39 bits per heavy atom. The largest absolute Gasteiger partial charge is 0.392 e. The highest BCUT2D eigenvalue weighted by Gasteiger charge is 2.42. The number of nitrogens with two attached hydrogens (primary N) is 1. The van der Waals surface area contributed by atoms with E-state index < -0.39 is 28.9 Å². The molecule has 2 aromatic rings. The van der Waals surface area contributed by atoms with E-state index in [2.05, 4.69) is 21.9 Å². The monoisotopic (exact) mass is 423 g/mol. The molecule has 1 aliphatic heterocycles. The van der Waals surface area contributed by atoms with Gasteiger partial charge in [0.1, 0.15) is 0 Å². The van der Waals surface area contributed by atoms with E-state index in [1.54, 1.807) is 30.1 Å². The Hall–Kier alpha value is -3.22. The lowest BCUT2D eigenvalue weighted by molar-refractivity contribution is -0.137. The first kappa shape index (κ1) is 21.0. The van der Waals surface area contributed by atoms with Crippen molar-refractivity contribution in [3.63, 3.8) is 0 Å². The van der Waals surface area contributed by atoms with Crippen LogP contribution in [0.5, 0.6) is 0 Å². The molecule has 4 rings (SSSR count). The summed E-state index contributed by atoms with van der Waals surface area (Å²) < 4.78 is 1.57. The number of fused-ring (bicyclic) bond motifs is 1. The maximum absolute atomic E-state index is 12.1. The Kier molecular flexibility index (Phi) is 4.87. The number of hydrogen-bond donors (Lipinski definition) is 3. The fourth-order valence-electron chi connectivity index (χ4n) is 4.05. The van der Waals surface area contributed by atoms with Crippen LogP contribution in [0.1, 0.15) is 47.6 Å². The molecule has 0 radical (unpaired) electrons. The summed E-state index contributed by atoms with van der Waals surface area (Å²) in [4.78, 5) is 29.9. The molecule has 1 aliphatic carbocycles. The lowest BCUT2D eigenvalue weighted by Crippen LogP contribution is -2.38. The van der Waals surface area contributed by atoms with Crippen molar-refractivity contribution in [2.75, 3.05) is 13.6 Å². The average molecular weight is 423 g/mol. The van der Waals surface area contributed by atoms with E-state index in [0.717, 1.165) is 5.69 Å². The standard InChI is InChI=1S/C22H25N5O4/c1-21(2)12-15-14(11-16(21)28)18(19(23)29)25-27(15)17-10-13(5-8-24-17)4-6-22(31)7-9-26(3)20(22)30/h5,8,10,16,28,31H,7,9,11-12H2,1-3H3,(H2,23,29)/t16-,22-/m0/s1. The van der Waals surface area contributed by atoms with Gasteiger partial charge in [-0.3, -0.25) is 9.59 Å². The Morgan fingerprint density at radius 2 is 2.13 bits per heavy atom. The number of aromatic nitrogens is 3. The number of pyridine rings is 1. The number of aliphatic hydroxyl groups is 2. The molecule has 31 heavy (non-hydrogen) atoms. The average Bonchev–Trinajstić information content (AvgIpc) is 3.20. The molecule has 0 aromatic carbocycles. The molecular weight excluding hydrogens is 398 g/mol. The highest BCUT2D eigenvalue weighted by atomic mass is 16.3. The number of aliphatic hydroxyl groups excluding tert-OH is 1. The Bertz CT molecular complexity index is 1140. The smallest absolute Gasteiger partial charge is 0.269 e. The molecule has 9 nitrogen and oxygen atoms in total. The third-order valence-corrected chi connectivity index (χ3v) is 6.13. The van der Waals surface area contributed by atoms with Crippen LogP contribution in [-0.2, 0) is 17.6 Å². The number of primary amides is 1. The van der Waals surface area contributed by atoms with Crippen molar-refractivity contribution >= 4 is 11.8 Å². The first-order valence-corrected chi connectivity index (χ1v) is 10.1. The van der Waals surface area contributed by atoms with Crippen LogP contribution in [0.3, 0.4) is 0 Å². The van der Waals surface area contributed by atoms with Gasteiger partial charge in [0.05, 0.1) is 11.8 Å². The molecule has 0 spiro atoms. The summed E-state index contributed by atoms with van der Waals surface area (Å²) in [5.41, 5.74) is 5.49. The molecule has 3 heterocycles. The molecule has 4 N–H and O–H groups in total. The summed E-state index contributed by atoms with van der Waals surface area (Å²) >= 11 is 0. The van der Waals surface area contributed by atoms with Gasteiger partial charge in [-0.2, -0.15) is 5.10 Å². The van der Waals surface area contributed by atoms with E-state index in [9.17, 15) is 19.8 Å². The van der Waals surface area contributed by atoms with Crippen molar-refractivity contribution in [3.8, 4) is 17.7 Å². The first-order valence-electron chi connectivity index (χ1n) is 10.1. The van der Waals surface area contributed by atoms with E-state index in [1.165, 1.54) is 4.90 Å². The fraction of sp³-hybridized carbons (Fsp3) is 0.455. The number of carbonyl (C=O) groups excluding carboxylic acids is 2. The van der Waals surface area contributed by atoms with Gasteiger partial charge < -0.3 is 20.8 Å². The van der Waals surface area contributed by atoms with Gasteiger partial charge in [0, 0.05) is 43.8 Å². The number of amides is 2. The van der Waals surface area contributed by atoms with Crippen LogP contribution in [-0.4, -0.2) is 67.0 Å². The zero-order valence-corrected chi connectivity index (χ0v) is 17.7. The molecule has 1 fully saturated rings. The van der Waals surface area contributed by atoms with Crippen LogP contribution in [0.15, 0.2) is 18.3 Å². The van der Waals surface area contributed by atoms with Crippen LogP contribution in [0.25, 0.3) is 5.82 Å². The molecule has 2 aliphatic rings. The molecule has 0 unspecified atom stereocenters. The number of nitrogens with zero attached hydrogens (tertiary/aromatic N) is 4.